The van der Waals surface area contributed by atoms with Crippen LogP contribution >= 0.6 is 7.82 Å². The van der Waals surface area contributed by atoms with Crippen molar-refractivity contribution >= 4 is 13.6 Å². The molecule has 1 fully saturated rings. The van der Waals surface area contributed by atoms with Gasteiger partial charge in [0.15, 0.2) is 11.9 Å². The monoisotopic (exact) mass is 351 g/mol. The number of hydrogen-bond acceptors (Lipinski definition) is 12. The minimum Gasteiger partial charge on any atom is -0.394 e. The first-order valence-electron chi connectivity index (χ1n) is 6.27. The van der Waals surface area contributed by atoms with E-state index in [4.69, 9.17) is 18.9 Å². The van der Waals surface area contributed by atoms with Crippen LogP contribution in [0.4, 0.5) is 5.82 Å². The third kappa shape index (κ3) is 1.80. The molecule has 0 amide bonds. The quantitative estimate of drug-likeness (QED) is 0.345. The smallest absolute Gasteiger partial charge is 0.394 e. The first-order valence-corrected chi connectivity index (χ1v) is 7.74. The maximum Gasteiger partial charge on any atom is 0.611 e. The van der Waals surface area contributed by atoms with Crippen LogP contribution in [-0.4, -0.2) is 54.9 Å². The summed E-state index contributed by atoms with van der Waals surface area (Å²) in [4.78, 5) is 15.6. The summed E-state index contributed by atoms with van der Waals surface area (Å²) in [5.41, 5.74) is 0.920. The molecule has 13 nitrogen and oxygen atoms in total. The molecule has 4 rings (SSSR count). The van der Waals surface area contributed by atoms with Crippen LogP contribution in [0.5, 0.6) is 11.6 Å². The lowest BCUT2D eigenvalue weighted by atomic mass is 10.1. The van der Waals surface area contributed by atoms with E-state index < -0.39 is 56.0 Å². The van der Waals surface area contributed by atoms with Crippen molar-refractivity contribution in [2.75, 3.05) is 12.1 Å². The number of phosphoric acid groups is 1. The highest BCUT2D eigenvalue weighted by molar-refractivity contribution is 7.49. The van der Waals surface area contributed by atoms with Gasteiger partial charge in [-0.25, -0.2) is 19.4 Å². The maximum absolute atomic E-state index is 12.2. The van der Waals surface area contributed by atoms with Gasteiger partial charge in [0.05, 0.1) is 6.61 Å². The van der Waals surface area contributed by atoms with Gasteiger partial charge in [0.25, 0.3) is 11.8 Å². The highest BCUT2D eigenvalue weighted by Crippen LogP contribution is 2.63. The average Bonchev–Trinajstić information content (AvgIpc) is 2.91. The fourth-order valence-corrected chi connectivity index (χ4v) is 3.54. The van der Waals surface area contributed by atoms with Crippen LogP contribution in [-0.2, 0) is 19.8 Å². The Bertz CT molecular complexity index is 797. The van der Waals surface area contributed by atoms with Crippen molar-refractivity contribution < 1.29 is 43.4 Å². The van der Waals surface area contributed by atoms with Gasteiger partial charge in [-0.3, -0.25) is 0 Å². The highest BCUT2D eigenvalue weighted by Gasteiger charge is 2.58. The lowest BCUT2D eigenvalue weighted by molar-refractivity contribution is -0.290. The molecule has 2 bridgehead atoms. The second kappa shape index (κ2) is 4.42. The molecular weight excluding hydrogens is 341 g/mol. The van der Waals surface area contributed by atoms with Crippen molar-refractivity contribution in [2.24, 2.45) is 0 Å². The van der Waals surface area contributed by atoms with Crippen molar-refractivity contribution in [3.8, 4) is 11.6 Å². The second-order valence-electron chi connectivity index (χ2n) is 4.97. The Hall–Kier alpha value is -1.73. The van der Waals surface area contributed by atoms with E-state index in [0.29, 0.717) is 4.57 Å². The van der Waals surface area contributed by atoms with Gasteiger partial charge in [0.2, 0.25) is 5.75 Å². The number of fused-ring (bicyclic) bond motifs is 1. The fraction of sp³-hybridized carbons (Fsp3) is 0.556. The van der Waals surface area contributed by atoms with Gasteiger partial charge in [-0.1, -0.05) is 0 Å². The summed E-state index contributed by atoms with van der Waals surface area (Å²) in [5, 5.41) is 39.4. The van der Waals surface area contributed by atoms with Gasteiger partial charge in [-0.2, -0.15) is 4.98 Å². The lowest BCUT2D eigenvalue weighted by Gasteiger charge is -2.30. The third-order valence-corrected chi connectivity index (χ3v) is 4.71. The van der Waals surface area contributed by atoms with Crippen molar-refractivity contribution in [3.63, 3.8) is 0 Å². The summed E-state index contributed by atoms with van der Waals surface area (Å²) in [6.45, 7) is -0.734. The van der Waals surface area contributed by atoms with E-state index in [0.717, 1.165) is 0 Å². The first-order chi connectivity index (χ1) is 10.8. The van der Waals surface area contributed by atoms with Crippen LogP contribution in [0, 0.1) is 0 Å². The normalized spacial score (nSPS) is 40.4. The topological polar surface area (TPSA) is 182 Å². The second-order valence-corrected chi connectivity index (χ2v) is 6.41. The van der Waals surface area contributed by atoms with Crippen LogP contribution in [0.1, 0.15) is 0 Å². The molecule has 4 heterocycles. The molecule has 3 aliphatic rings. The largest absolute Gasteiger partial charge is 0.611 e. The van der Waals surface area contributed by atoms with Crippen molar-refractivity contribution in [3.05, 3.63) is 10.5 Å². The average molecular weight is 351 g/mol. The minimum atomic E-state index is -4.00. The Balaban J connectivity index is 1.90. The number of aliphatic hydroxyl groups excluding tert-OH is 3. The first kappa shape index (κ1) is 14.8. The molecule has 5 N–H and O–H groups in total. The van der Waals surface area contributed by atoms with E-state index in [1.165, 1.54) is 0 Å². The molecule has 1 unspecified atom stereocenters. The van der Waals surface area contributed by atoms with Gasteiger partial charge in [-0.15, -0.1) is 4.62 Å². The number of ether oxygens (including phenoxy) is 1. The maximum atomic E-state index is 12.2. The van der Waals surface area contributed by atoms with Crippen LogP contribution < -0.4 is 20.2 Å². The summed E-state index contributed by atoms with van der Waals surface area (Å²) < 4.78 is 31.5. The van der Waals surface area contributed by atoms with E-state index >= 15 is 0 Å². The molecule has 3 aliphatic heterocycles. The summed E-state index contributed by atoms with van der Waals surface area (Å²) >= 11 is 0. The SMILES string of the molecule is O=c1nc2c3c(n1[C@]1(O)O[C@H](CO)[C@@H](O)[C@@H]1O)NOP(=O)(O2)O3. The zero-order valence-electron chi connectivity index (χ0n) is 11.0. The molecule has 0 aromatic carbocycles. The Labute approximate surface area is 126 Å². The Morgan fingerprint density at radius 2 is 2.13 bits per heavy atom. The van der Waals surface area contributed by atoms with Crippen molar-refractivity contribution in [1.82, 2.24) is 9.55 Å². The van der Waals surface area contributed by atoms with Gasteiger partial charge in [0.1, 0.15) is 12.2 Å². The molecule has 0 radical (unpaired) electrons. The van der Waals surface area contributed by atoms with Crippen molar-refractivity contribution in [1.29, 1.82) is 0 Å². The molecular formula is C9H10N3O10P. The number of hydrogen-bond donors (Lipinski definition) is 5. The predicted octanol–water partition coefficient (Wildman–Crippen LogP) is -2.80. The third-order valence-electron chi connectivity index (χ3n) is 3.59. The summed E-state index contributed by atoms with van der Waals surface area (Å²) in [6.07, 6.45) is -5.06. The van der Waals surface area contributed by atoms with Gasteiger partial charge in [0, 0.05) is 0 Å². The molecule has 0 aliphatic carbocycles. The summed E-state index contributed by atoms with van der Waals surface area (Å²) in [5.74, 6) is -3.91. The number of aliphatic hydroxyl groups is 4. The lowest BCUT2D eigenvalue weighted by Crippen LogP contribution is -2.51. The number of nitrogens with zero attached hydrogens (tertiary/aromatic N) is 2. The minimum absolute atomic E-state index is 0.301. The van der Waals surface area contributed by atoms with E-state index in [1.54, 1.807) is 0 Å². The number of phosphoric ester groups is 1. The molecule has 5 atom stereocenters. The predicted molar refractivity (Wildman–Crippen MR) is 66.2 cm³/mol. The van der Waals surface area contributed by atoms with Crippen molar-refractivity contribution in [2.45, 2.75) is 24.2 Å². The molecule has 126 valence electrons. The fourth-order valence-electron chi connectivity index (χ4n) is 2.51. The molecule has 14 heteroatoms. The molecule has 1 saturated heterocycles. The van der Waals surface area contributed by atoms with Gasteiger partial charge < -0.3 is 34.2 Å². The molecule has 23 heavy (non-hydrogen) atoms. The van der Waals surface area contributed by atoms with E-state index in [9.17, 15) is 24.7 Å². The number of anilines is 1. The van der Waals surface area contributed by atoms with E-state index in [2.05, 4.69) is 15.1 Å². The highest BCUT2D eigenvalue weighted by atomic mass is 31.2. The van der Waals surface area contributed by atoms with Gasteiger partial charge in [-0.05, 0) is 0 Å². The Kier molecular flexibility index (Phi) is 2.85. The summed E-state index contributed by atoms with van der Waals surface area (Å²) in [7, 11) is -4.00. The molecule has 1 aromatic heterocycles. The molecule has 0 saturated carbocycles. The summed E-state index contributed by atoms with van der Waals surface area (Å²) in [6, 6.07) is 0. The standard InChI is InChI=1S/C9H10N3O10P/c13-1-2-3(14)5(15)9(17,19-2)12-6-4-7(10-8(12)16)21-23(18,20-4)22-11-6/h2-3,5,11,13-15,17H,1H2/t2-,3-,5+,9-,23?/m1/s1. The van der Waals surface area contributed by atoms with E-state index in [1.807, 2.05) is 0 Å². The van der Waals surface area contributed by atoms with Crippen LogP contribution in [0.3, 0.4) is 0 Å². The molecule has 1 aromatic rings. The Morgan fingerprint density at radius 1 is 1.39 bits per heavy atom. The zero-order valence-corrected chi connectivity index (χ0v) is 11.9. The van der Waals surface area contributed by atoms with E-state index in [-0.39, 0.29) is 5.75 Å². The zero-order chi connectivity index (χ0) is 16.6. The van der Waals surface area contributed by atoms with Gasteiger partial charge >= 0.3 is 13.5 Å². The number of aromatic nitrogens is 2. The van der Waals surface area contributed by atoms with Crippen LogP contribution in [0.15, 0.2) is 4.79 Å². The Morgan fingerprint density at radius 3 is 2.78 bits per heavy atom. The number of rotatable bonds is 2. The molecule has 0 spiro atoms. The van der Waals surface area contributed by atoms with Crippen LogP contribution in [0.2, 0.25) is 0 Å². The number of nitrogens with one attached hydrogen (secondary N) is 1. The van der Waals surface area contributed by atoms with Crippen LogP contribution in [0.25, 0.3) is 0 Å².